The number of carboxylic acids is 1. The molecule has 1 aromatic carbocycles. The van der Waals surface area contributed by atoms with Gasteiger partial charge in [0.1, 0.15) is 18.0 Å². The van der Waals surface area contributed by atoms with Gasteiger partial charge in [0.25, 0.3) is 5.91 Å². The number of pyridine rings is 1. The molecule has 0 aliphatic heterocycles. The van der Waals surface area contributed by atoms with E-state index >= 15 is 0 Å². The molecule has 0 saturated carbocycles. The first kappa shape index (κ1) is 25.0. The lowest BCUT2D eigenvalue weighted by Gasteiger charge is -2.18. The maximum atomic E-state index is 13.1. The number of anilines is 1. The van der Waals surface area contributed by atoms with Crippen LogP contribution in [-0.4, -0.2) is 46.0 Å². The monoisotopic (exact) mass is 490 g/mol. The van der Waals surface area contributed by atoms with Crippen molar-refractivity contribution < 1.29 is 24.2 Å². The van der Waals surface area contributed by atoms with Crippen LogP contribution in [0.4, 0.5) is 5.82 Å². The number of rotatable bonds is 9. The summed E-state index contributed by atoms with van der Waals surface area (Å²) in [5, 5.41) is 15.4. The molecule has 9 nitrogen and oxygen atoms in total. The lowest BCUT2D eigenvalue weighted by Crippen LogP contribution is -2.30. The largest absolute Gasteiger partial charge is 0.481 e. The standard InChI is InChI=1S/C27H30N4O5/c1-17-8-10-18(11-9-17)21(15-23(32)33)29-27(35)20-12-13-31-22(14-20)30-25(19-6-4-3-5-7-19)26(31)28-16-24(34)36-2/h3-4,8-14,19,21,28H,5-7,15-16H2,1-2H3,(H,29,35)(H,32,33). The molecule has 3 aromatic rings. The number of hydrogen-bond donors (Lipinski definition) is 3. The van der Waals surface area contributed by atoms with Crippen LogP contribution in [0.15, 0.2) is 54.7 Å². The second-order valence-corrected chi connectivity index (χ2v) is 8.93. The van der Waals surface area contributed by atoms with Crippen LogP contribution in [0.5, 0.6) is 0 Å². The summed E-state index contributed by atoms with van der Waals surface area (Å²) < 4.78 is 6.59. The summed E-state index contributed by atoms with van der Waals surface area (Å²) in [6, 6.07) is 10.1. The first-order chi connectivity index (χ1) is 17.4. The Kier molecular flexibility index (Phi) is 7.68. The minimum atomic E-state index is -1.00. The van der Waals surface area contributed by atoms with E-state index in [-0.39, 0.29) is 18.9 Å². The molecule has 2 unspecified atom stereocenters. The number of carbonyl (C=O) groups is 3. The van der Waals surface area contributed by atoms with Gasteiger partial charge in [0.15, 0.2) is 0 Å². The van der Waals surface area contributed by atoms with Gasteiger partial charge in [-0.15, -0.1) is 0 Å². The van der Waals surface area contributed by atoms with Crippen LogP contribution in [0.1, 0.15) is 64.8 Å². The number of allylic oxidation sites excluding steroid dienone is 2. The van der Waals surface area contributed by atoms with E-state index < -0.39 is 23.9 Å². The predicted octanol–water partition coefficient (Wildman–Crippen LogP) is 4.00. The number of hydrogen-bond acceptors (Lipinski definition) is 6. The summed E-state index contributed by atoms with van der Waals surface area (Å²) in [6.45, 7) is 1.94. The molecule has 36 heavy (non-hydrogen) atoms. The van der Waals surface area contributed by atoms with Crippen molar-refractivity contribution in [3.63, 3.8) is 0 Å². The Hall–Kier alpha value is -4.14. The van der Waals surface area contributed by atoms with Crippen molar-refractivity contribution in [2.45, 2.75) is 44.6 Å². The van der Waals surface area contributed by atoms with Gasteiger partial charge in [-0.1, -0.05) is 42.0 Å². The number of nitrogens with one attached hydrogen (secondary N) is 2. The van der Waals surface area contributed by atoms with Gasteiger partial charge in [0, 0.05) is 17.7 Å². The SMILES string of the molecule is COC(=O)CNc1c(C2CC=CCC2)nc2cc(C(=O)NC(CC(=O)O)c3ccc(C)cc3)ccn12. The van der Waals surface area contributed by atoms with Gasteiger partial charge in [0.2, 0.25) is 0 Å². The molecule has 0 fully saturated rings. The molecule has 2 heterocycles. The number of carbonyl (C=O) groups excluding carboxylic acids is 2. The average molecular weight is 491 g/mol. The fourth-order valence-electron chi connectivity index (χ4n) is 4.40. The highest BCUT2D eigenvalue weighted by Gasteiger charge is 2.24. The van der Waals surface area contributed by atoms with Crippen LogP contribution in [0, 0.1) is 6.92 Å². The Balaban J connectivity index is 1.63. The van der Waals surface area contributed by atoms with Crippen molar-refractivity contribution >= 4 is 29.3 Å². The van der Waals surface area contributed by atoms with Gasteiger partial charge >= 0.3 is 11.9 Å². The molecule has 0 bridgehead atoms. The topological polar surface area (TPSA) is 122 Å². The van der Waals surface area contributed by atoms with Gasteiger partial charge in [-0.05, 0) is 43.9 Å². The third kappa shape index (κ3) is 5.73. The molecule has 1 aliphatic carbocycles. The number of methoxy groups -OCH3 is 1. The molecule has 0 spiro atoms. The molecule has 1 aliphatic rings. The fraction of sp³-hybridized carbons (Fsp3) is 0.333. The van der Waals surface area contributed by atoms with Crippen molar-refractivity contribution in [3.05, 3.63) is 77.1 Å². The molecule has 9 heteroatoms. The zero-order chi connectivity index (χ0) is 25.7. The smallest absolute Gasteiger partial charge is 0.325 e. The maximum Gasteiger partial charge on any atom is 0.325 e. The molecule has 0 saturated heterocycles. The number of aryl methyl sites for hydroxylation is 1. The summed E-state index contributed by atoms with van der Waals surface area (Å²) in [7, 11) is 1.34. The molecular formula is C27H30N4O5. The zero-order valence-corrected chi connectivity index (χ0v) is 20.4. The predicted molar refractivity (Wildman–Crippen MR) is 135 cm³/mol. The van der Waals surface area contributed by atoms with Crippen LogP contribution in [-0.2, 0) is 14.3 Å². The summed E-state index contributed by atoms with van der Waals surface area (Å²) in [5.74, 6) is -0.897. The third-order valence-corrected chi connectivity index (χ3v) is 6.36. The number of imidazole rings is 1. The summed E-state index contributed by atoms with van der Waals surface area (Å²) >= 11 is 0. The Bertz CT molecular complexity index is 1300. The number of ether oxygens (including phenoxy) is 1. The lowest BCUT2D eigenvalue weighted by molar-refractivity contribution is -0.139. The fourth-order valence-corrected chi connectivity index (χ4v) is 4.40. The Morgan fingerprint density at radius 1 is 1.19 bits per heavy atom. The summed E-state index contributed by atoms with van der Waals surface area (Å²) in [5.41, 5.74) is 3.53. The van der Waals surface area contributed by atoms with Crippen LogP contribution < -0.4 is 10.6 Å². The number of fused-ring (bicyclic) bond motifs is 1. The van der Waals surface area contributed by atoms with Gasteiger partial charge in [0.05, 0.1) is 25.3 Å². The summed E-state index contributed by atoms with van der Waals surface area (Å²) in [4.78, 5) is 41.2. The quantitative estimate of drug-likeness (QED) is 0.306. The highest BCUT2D eigenvalue weighted by molar-refractivity contribution is 5.95. The van der Waals surface area contributed by atoms with Crippen molar-refractivity contribution in [2.24, 2.45) is 0 Å². The molecule has 2 atom stereocenters. The Morgan fingerprint density at radius 3 is 2.64 bits per heavy atom. The van der Waals surface area contributed by atoms with Crippen LogP contribution >= 0.6 is 0 Å². The zero-order valence-electron chi connectivity index (χ0n) is 20.4. The number of esters is 1. The number of amides is 1. The highest BCUT2D eigenvalue weighted by Crippen LogP contribution is 2.34. The number of carboxylic acid groups (broad SMARTS) is 1. The van der Waals surface area contributed by atoms with E-state index in [0.717, 1.165) is 36.1 Å². The molecule has 2 aromatic heterocycles. The van der Waals surface area contributed by atoms with E-state index in [1.165, 1.54) is 7.11 Å². The molecule has 188 valence electrons. The minimum absolute atomic E-state index is 0.00446. The number of aromatic nitrogens is 2. The second-order valence-electron chi connectivity index (χ2n) is 8.93. The van der Waals surface area contributed by atoms with E-state index in [4.69, 9.17) is 9.72 Å². The number of nitrogens with zero attached hydrogens (tertiary/aromatic N) is 2. The second kappa shape index (κ2) is 11.1. The maximum absolute atomic E-state index is 13.1. The third-order valence-electron chi connectivity index (χ3n) is 6.36. The molecule has 0 radical (unpaired) electrons. The Labute approximate surface area is 209 Å². The van der Waals surface area contributed by atoms with Crippen LogP contribution in [0.2, 0.25) is 0 Å². The number of benzene rings is 1. The van der Waals surface area contributed by atoms with Crippen molar-refractivity contribution in [1.29, 1.82) is 0 Å². The van der Waals surface area contributed by atoms with Gasteiger partial charge < -0.3 is 20.5 Å². The lowest BCUT2D eigenvalue weighted by atomic mass is 9.91. The van der Waals surface area contributed by atoms with Crippen molar-refractivity contribution in [1.82, 2.24) is 14.7 Å². The van der Waals surface area contributed by atoms with E-state index in [2.05, 4.69) is 22.8 Å². The normalized spacial score (nSPS) is 15.9. The van der Waals surface area contributed by atoms with Gasteiger partial charge in [-0.2, -0.15) is 0 Å². The van der Waals surface area contributed by atoms with Crippen LogP contribution in [0.3, 0.4) is 0 Å². The van der Waals surface area contributed by atoms with E-state index in [1.54, 1.807) is 18.3 Å². The first-order valence-electron chi connectivity index (χ1n) is 11.9. The minimum Gasteiger partial charge on any atom is -0.481 e. The Morgan fingerprint density at radius 2 is 1.97 bits per heavy atom. The van der Waals surface area contributed by atoms with E-state index in [1.807, 2.05) is 35.6 Å². The molecule has 3 N–H and O–H groups in total. The first-order valence-corrected chi connectivity index (χ1v) is 11.9. The average Bonchev–Trinajstić information content (AvgIpc) is 3.25. The van der Waals surface area contributed by atoms with E-state index in [0.29, 0.717) is 17.0 Å². The molecular weight excluding hydrogens is 460 g/mol. The van der Waals surface area contributed by atoms with Crippen molar-refractivity contribution in [3.8, 4) is 0 Å². The molecule has 4 rings (SSSR count). The highest BCUT2D eigenvalue weighted by atomic mass is 16.5. The van der Waals surface area contributed by atoms with Gasteiger partial charge in [-0.25, -0.2) is 4.98 Å². The van der Waals surface area contributed by atoms with Gasteiger partial charge in [-0.3, -0.25) is 18.8 Å². The van der Waals surface area contributed by atoms with Crippen molar-refractivity contribution in [2.75, 3.05) is 19.0 Å². The number of aliphatic carboxylic acids is 1. The molecule has 1 amide bonds. The van der Waals surface area contributed by atoms with Crippen LogP contribution in [0.25, 0.3) is 5.65 Å². The van der Waals surface area contributed by atoms with E-state index in [9.17, 15) is 19.5 Å². The summed E-state index contributed by atoms with van der Waals surface area (Å²) in [6.07, 6.45) is 8.52.